The molecule has 5 aliphatic rings. The van der Waals surface area contributed by atoms with Gasteiger partial charge >= 0.3 is 6.03 Å². The number of ether oxygens (including phenoxy) is 1. The fourth-order valence-corrected chi connectivity index (χ4v) is 10.5. The number of carbonyl (C=O) groups excluding carboxylic acids is 4. The molecule has 10 rings (SSSR count). The van der Waals surface area contributed by atoms with Crippen LogP contribution in [0.4, 0.5) is 40.8 Å². The standard InChI is InChI=1S/C47H49ClF3N11O5/c1-26-15-29(17-36(40(26)48)61-13-10-39(63)56-45(61)66)44(65)59-14-11-46(47(50,51)25-59)23-58(24-46)21-27-16-32(49)41(53-19-27)31-5-4-6-35-30(31)9-12-60(35)38-18-34(52-2)42-54-20-37(62(42)57-38)43(64)55-33-8-7-28(33)22-67-3/h4-6,15-20,28,33,52H,7-14,21-25H2,1-3H3,(H,55,64)(H,56,63,66)/t28-,33?/m1/s1. The summed E-state index contributed by atoms with van der Waals surface area (Å²) >= 11 is 6.51. The molecule has 4 fully saturated rings. The first-order chi connectivity index (χ1) is 32.2. The van der Waals surface area contributed by atoms with E-state index in [1.54, 1.807) is 31.8 Å². The number of amides is 5. The van der Waals surface area contributed by atoms with Gasteiger partial charge in [-0.3, -0.25) is 34.5 Å². The van der Waals surface area contributed by atoms with Crippen LogP contribution in [0.25, 0.3) is 16.9 Å². The fraction of sp³-hybridized carbons (Fsp3) is 0.426. The van der Waals surface area contributed by atoms with E-state index in [1.165, 1.54) is 29.3 Å². The molecule has 1 spiro atoms. The molecule has 0 radical (unpaired) electrons. The van der Waals surface area contributed by atoms with Crippen LogP contribution in [0.5, 0.6) is 0 Å². The number of pyridine rings is 1. The number of imide groups is 1. The van der Waals surface area contributed by atoms with Crippen LogP contribution in [0, 0.1) is 24.1 Å². The summed E-state index contributed by atoms with van der Waals surface area (Å²) in [6.45, 7) is 2.51. The van der Waals surface area contributed by atoms with E-state index in [2.05, 4.69) is 25.9 Å². The number of nitrogens with zero attached hydrogens (tertiary/aromatic N) is 8. The molecule has 2 atom stereocenters. The Hall–Kier alpha value is -6.31. The monoisotopic (exact) mass is 939 g/mol. The van der Waals surface area contributed by atoms with E-state index < -0.39 is 41.5 Å². The molecule has 3 N–H and O–H groups in total. The third-order valence-electron chi connectivity index (χ3n) is 14.1. The second kappa shape index (κ2) is 17.1. The van der Waals surface area contributed by atoms with Gasteiger partial charge in [0.2, 0.25) is 5.91 Å². The van der Waals surface area contributed by atoms with Gasteiger partial charge in [-0.1, -0.05) is 23.7 Å². The highest BCUT2D eigenvalue weighted by atomic mass is 35.5. The van der Waals surface area contributed by atoms with E-state index in [-0.39, 0.29) is 85.4 Å². The third-order valence-corrected chi connectivity index (χ3v) is 14.6. The van der Waals surface area contributed by atoms with Crippen LogP contribution in [-0.2, 0) is 22.5 Å². The number of likely N-dealkylation sites (tertiary alicyclic amines) is 2. The first-order valence-electron chi connectivity index (χ1n) is 22.4. The summed E-state index contributed by atoms with van der Waals surface area (Å²) in [5.74, 6) is -4.20. The van der Waals surface area contributed by atoms with Crippen molar-refractivity contribution in [1.82, 2.24) is 40.0 Å². The summed E-state index contributed by atoms with van der Waals surface area (Å²) in [6, 6.07) is 11.2. The quantitative estimate of drug-likeness (QED) is 0.138. The van der Waals surface area contributed by atoms with Gasteiger partial charge in [0.25, 0.3) is 17.7 Å². The maximum atomic E-state index is 16.1. The molecule has 3 aromatic heterocycles. The maximum absolute atomic E-state index is 16.1. The van der Waals surface area contributed by atoms with Gasteiger partial charge in [0.1, 0.15) is 11.5 Å². The average molecular weight is 940 g/mol. The van der Waals surface area contributed by atoms with E-state index in [4.69, 9.17) is 21.4 Å². The maximum Gasteiger partial charge on any atom is 0.328 e. The van der Waals surface area contributed by atoms with Crippen molar-refractivity contribution in [3.63, 3.8) is 0 Å². The Morgan fingerprint density at radius 1 is 0.985 bits per heavy atom. The Morgan fingerprint density at radius 2 is 1.79 bits per heavy atom. The predicted molar refractivity (Wildman–Crippen MR) is 244 cm³/mol. The highest BCUT2D eigenvalue weighted by Gasteiger charge is 2.63. The number of halogens is 4. The number of aryl methyl sites for hydroxylation is 1. The van der Waals surface area contributed by atoms with Gasteiger partial charge in [-0.05, 0) is 73.6 Å². The number of imidazole rings is 1. The van der Waals surface area contributed by atoms with Gasteiger partial charge in [-0.2, -0.15) is 0 Å². The van der Waals surface area contributed by atoms with E-state index >= 15 is 13.2 Å². The van der Waals surface area contributed by atoms with Crippen molar-refractivity contribution >= 4 is 63.9 Å². The molecule has 3 saturated heterocycles. The van der Waals surface area contributed by atoms with Gasteiger partial charge in [0.15, 0.2) is 17.2 Å². The molecule has 2 aromatic carbocycles. The lowest BCUT2D eigenvalue weighted by molar-refractivity contribution is -0.220. The highest BCUT2D eigenvalue weighted by Crippen LogP contribution is 2.51. The summed E-state index contributed by atoms with van der Waals surface area (Å²) in [6.07, 6.45) is 5.67. The number of nitrogens with one attached hydrogen (secondary N) is 3. The lowest BCUT2D eigenvalue weighted by Gasteiger charge is -2.57. The Bertz CT molecular complexity index is 2850. The Morgan fingerprint density at radius 3 is 2.51 bits per heavy atom. The lowest BCUT2D eigenvalue weighted by Crippen LogP contribution is -2.70. The van der Waals surface area contributed by atoms with Crippen LogP contribution >= 0.6 is 11.6 Å². The Labute approximate surface area is 388 Å². The smallest absolute Gasteiger partial charge is 0.328 e. The average Bonchev–Trinajstić information content (AvgIpc) is 3.93. The number of urea groups is 1. The normalized spacial score (nSPS) is 21.0. The van der Waals surface area contributed by atoms with Crippen LogP contribution in [0.15, 0.2) is 54.9 Å². The summed E-state index contributed by atoms with van der Waals surface area (Å²) in [7, 11) is 3.44. The third kappa shape index (κ3) is 7.79. The number of methoxy groups -OCH3 is 1. The minimum atomic E-state index is -3.21. The Kier molecular flexibility index (Phi) is 11.4. The van der Waals surface area contributed by atoms with Crippen molar-refractivity contribution in [3.8, 4) is 11.3 Å². The van der Waals surface area contributed by atoms with Crippen molar-refractivity contribution in [2.24, 2.45) is 11.3 Å². The summed E-state index contributed by atoms with van der Waals surface area (Å²) in [5, 5.41) is 13.6. The number of hydrogen-bond acceptors (Lipinski definition) is 11. The van der Waals surface area contributed by atoms with Gasteiger partial charge < -0.3 is 25.2 Å². The molecular formula is C47H49ClF3N11O5. The van der Waals surface area contributed by atoms with Gasteiger partial charge in [0.05, 0.1) is 41.2 Å². The highest BCUT2D eigenvalue weighted by molar-refractivity contribution is 6.35. The number of alkyl halides is 2. The fourth-order valence-electron chi connectivity index (χ4n) is 10.3. The number of carbonyl (C=O) groups is 4. The van der Waals surface area contributed by atoms with Crippen LogP contribution in [-0.4, -0.2) is 125 Å². The van der Waals surface area contributed by atoms with Crippen LogP contribution < -0.4 is 25.8 Å². The molecule has 5 amide bonds. The van der Waals surface area contributed by atoms with Crippen LogP contribution in [0.2, 0.25) is 5.02 Å². The van der Waals surface area contributed by atoms with Crippen LogP contribution in [0.1, 0.15) is 63.2 Å². The molecule has 350 valence electrons. The minimum absolute atomic E-state index is 0.0140. The number of piperidine rings is 1. The molecule has 5 aromatic rings. The van der Waals surface area contributed by atoms with Crippen molar-refractivity contribution in [3.05, 3.63) is 93.6 Å². The predicted octanol–water partition coefficient (Wildman–Crippen LogP) is 6.21. The van der Waals surface area contributed by atoms with Crippen molar-refractivity contribution in [1.29, 1.82) is 0 Å². The minimum Gasteiger partial charge on any atom is -0.385 e. The topological polar surface area (TPSA) is 170 Å². The molecule has 20 heteroatoms. The second-order valence-corrected chi connectivity index (χ2v) is 18.7. The lowest BCUT2D eigenvalue weighted by atomic mass is 9.69. The molecule has 4 aliphatic heterocycles. The number of benzene rings is 2. The molecule has 1 unspecified atom stereocenters. The number of rotatable bonds is 11. The van der Waals surface area contributed by atoms with Crippen molar-refractivity contribution in [2.75, 3.05) is 75.1 Å². The van der Waals surface area contributed by atoms with E-state index in [0.717, 1.165) is 29.0 Å². The summed E-state index contributed by atoms with van der Waals surface area (Å²) < 4.78 is 55.1. The van der Waals surface area contributed by atoms with Gasteiger partial charge in [0, 0.05) is 101 Å². The Balaban J connectivity index is 0.803. The molecule has 1 aliphatic carbocycles. The molecule has 7 heterocycles. The van der Waals surface area contributed by atoms with Crippen molar-refractivity contribution in [2.45, 2.75) is 57.5 Å². The number of hydrogen-bond donors (Lipinski definition) is 3. The first-order valence-corrected chi connectivity index (χ1v) is 22.8. The zero-order valence-electron chi connectivity index (χ0n) is 37.2. The van der Waals surface area contributed by atoms with Gasteiger partial charge in [-0.15, -0.1) is 5.10 Å². The van der Waals surface area contributed by atoms with Crippen LogP contribution in [0.3, 0.4) is 0 Å². The number of fused-ring (bicyclic) bond motifs is 2. The SMILES string of the molecule is CNc1cc(N2CCc3c(-c4ncc(CN5CC6(CCN(C(=O)c7cc(C)c(Cl)c(N8CCC(=O)NC8=O)c7)CC6(F)F)C5)cc4F)cccc32)nn2c(C(=O)NC3CC[C@@H]3COC)cnc12. The molecule has 16 nitrogen and oxygen atoms in total. The molecular weight excluding hydrogens is 891 g/mol. The number of anilines is 4. The summed E-state index contributed by atoms with van der Waals surface area (Å²) in [5.41, 5.74) is 4.05. The van der Waals surface area contributed by atoms with Crippen molar-refractivity contribution < 1.29 is 37.1 Å². The number of aromatic nitrogens is 4. The van der Waals surface area contributed by atoms with E-state index in [0.29, 0.717) is 59.1 Å². The van der Waals surface area contributed by atoms with E-state index in [9.17, 15) is 19.2 Å². The van der Waals surface area contributed by atoms with E-state index in [1.807, 2.05) is 34.1 Å². The first kappa shape index (κ1) is 44.5. The molecule has 0 bridgehead atoms. The second-order valence-electron chi connectivity index (χ2n) is 18.3. The largest absolute Gasteiger partial charge is 0.385 e. The molecule has 67 heavy (non-hydrogen) atoms. The van der Waals surface area contributed by atoms with Gasteiger partial charge in [-0.25, -0.2) is 27.5 Å². The zero-order valence-corrected chi connectivity index (χ0v) is 37.9. The zero-order chi connectivity index (χ0) is 46.9. The molecule has 1 saturated carbocycles. The summed E-state index contributed by atoms with van der Waals surface area (Å²) in [4.78, 5) is 66.8.